The molecule has 2 aromatic rings. The molecule has 6 heteroatoms. The molecule has 0 saturated heterocycles. The molecule has 6 nitrogen and oxygen atoms in total. The molecular formula is C16H16N4O2. The van der Waals surface area contributed by atoms with Gasteiger partial charge in [-0.05, 0) is 19.1 Å². The van der Waals surface area contributed by atoms with Crippen LogP contribution >= 0.6 is 0 Å². The van der Waals surface area contributed by atoms with E-state index in [0.717, 1.165) is 11.3 Å². The predicted molar refractivity (Wildman–Crippen MR) is 82.6 cm³/mol. The lowest BCUT2D eigenvalue weighted by molar-refractivity contribution is 0.558. The maximum absolute atomic E-state index is 10.8. The van der Waals surface area contributed by atoms with E-state index in [9.17, 15) is 9.59 Å². The molecule has 0 fully saturated rings. The summed E-state index contributed by atoms with van der Waals surface area (Å²) in [5, 5.41) is 4.49. The van der Waals surface area contributed by atoms with Crippen molar-refractivity contribution >= 4 is 23.7 Å². The highest BCUT2D eigenvalue weighted by Gasteiger charge is 2.27. The fourth-order valence-electron chi connectivity index (χ4n) is 2.06. The Labute approximate surface area is 128 Å². The van der Waals surface area contributed by atoms with Crippen molar-refractivity contribution < 1.29 is 9.59 Å². The number of rotatable bonds is 3. The minimum atomic E-state index is -0.376. The zero-order chi connectivity index (χ0) is 16.3. The molecule has 112 valence electrons. The second-order valence-electron chi connectivity index (χ2n) is 5.92. The molecule has 0 spiro atoms. The van der Waals surface area contributed by atoms with Gasteiger partial charge in [-0.2, -0.15) is 10.1 Å². The van der Waals surface area contributed by atoms with Crippen LogP contribution < -0.4 is 0 Å². The summed E-state index contributed by atoms with van der Waals surface area (Å²) < 4.78 is 1.49. The summed E-state index contributed by atoms with van der Waals surface area (Å²) in [6.07, 6.45) is 2.99. The van der Waals surface area contributed by atoms with Crippen LogP contribution in [0, 0.1) is 6.92 Å². The van der Waals surface area contributed by atoms with Crippen LogP contribution in [0.3, 0.4) is 0 Å². The Bertz CT molecular complexity index is 785. The Morgan fingerprint density at radius 2 is 1.64 bits per heavy atom. The van der Waals surface area contributed by atoms with Gasteiger partial charge < -0.3 is 0 Å². The van der Waals surface area contributed by atoms with Crippen LogP contribution in [-0.2, 0) is 15.0 Å². The number of aryl methyl sites for hydroxylation is 1. The van der Waals surface area contributed by atoms with Crippen molar-refractivity contribution in [3.63, 3.8) is 0 Å². The molecular weight excluding hydrogens is 280 g/mol. The molecule has 1 aromatic carbocycles. The predicted octanol–water partition coefficient (Wildman–Crippen LogP) is 3.41. The van der Waals surface area contributed by atoms with Crippen molar-refractivity contribution in [1.29, 1.82) is 0 Å². The van der Waals surface area contributed by atoms with E-state index >= 15 is 0 Å². The number of aliphatic imine (C=N–C) groups is 2. The number of nitrogens with zero attached hydrogens (tertiary/aromatic N) is 4. The van der Waals surface area contributed by atoms with Crippen LogP contribution in [0.5, 0.6) is 0 Å². The number of benzene rings is 1. The lowest BCUT2D eigenvalue weighted by Gasteiger charge is -2.15. The van der Waals surface area contributed by atoms with Crippen molar-refractivity contribution in [2.75, 3.05) is 0 Å². The van der Waals surface area contributed by atoms with Gasteiger partial charge in [0.25, 0.3) is 0 Å². The molecule has 1 aromatic heterocycles. The third-order valence-corrected chi connectivity index (χ3v) is 3.13. The molecule has 0 aliphatic carbocycles. The molecule has 1 heterocycles. The van der Waals surface area contributed by atoms with Crippen LogP contribution in [0.15, 0.2) is 34.3 Å². The van der Waals surface area contributed by atoms with Crippen molar-refractivity contribution in [3.8, 4) is 5.69 Å². The van der Waals surface area contributed by atoms with Crippen LogP contribution in [0.4, 0.5) is 11.5 Å². The summed E-state index contributed by atoms with van der Waals surface area (Å²) in [5.41, 5.74) is 2.24. The fraction of sp³-hybridized carbons (Fsp3) is 0.312. The first-order valence-corrected chi connectivity index (χ1v) is 6.74. The highest BCUT2D eigenvalue weighted by atomic mass is 16.1. The molecule has 0 saturated carbocycles. The van der Waals surface area contributed by atoms with Crippen LogP contribution in [-0.4, -0.2) is 21.9 Å². The van der Waals surface area contributed by atoms with Gasteiger partial charge in [-0.25, -0.2) is 14.3 Å². The number of hydrogen-bond donors (Lipinski definition) is 0. The molecule has 0 radical (unpaired) electrons. The lowest BCUT2D eigenvalue weighted by Crippen LogP contribution is -2.13. The largest absolute Gasteiger partial charge is 0.242 e. The molecule has 0 atom stereocenters. The molecule has 0 aliphatic heterocycles. The van der Waals surface area contributed by atoms with Crippen LogP contribution in [0.25, 0.3) is 5.69 Å². The number of hydrogen-bond acceptors (Lipinski definition) is 5. The normalized spacial score (nSPS) is 10.7. The Balaban J connectivity index is 2.81. The number of aromatic nitrogens is 2. The average molecular weight is 296 g/mol. The fourth-order valence-corrected chi connectivity index (χ4v) is 2.06. The number of carbonyl (C=O) groups excluding carboxylic acids is 2. The van der Waals surface area contributed by atoms with E-state index in [0.29, 0.717) is 5.69 Å². The quantitative estimate of drug-likeness (QED) is 0.643. The first-order valence-electron chi connectivity index (χ1n) is 6.74. The SMILES string of the molecule is Cc1ccc(-n2nc(C(C)(C)C)c(N=C=O)c2N=C=O)cc1. The first-order chi connectivity index (χ1) is 10.4. The summed E-state index contributed by atoms with van der Waals surface area (Å²) in [5.74, 6) is 0.173. The van der Waals surface area contributed by atoms with Gasteiger partial charge in [0.2, 0.25) is 12.2 Å². The Morgan fingerprint density at radius 1 is 1.05 bits per heavy atom. The maximum atomic E-state index is 10.8. The summed E-state index contributed by atoms with van der Waals surface area (Å²) in [6, 6.07) is 7.55. The van der Waals surface area contributed by atoms with Crippen molar-refractivity contribution in [3.05, 3.63) is 35.5 Å². The van der Waals surface area contributed by atoms with E-state index < -0.39 is 0 Å². The summed E-state index contributed by atoms with van der Waals surface area (Å²) in [4.78, 5) is 28.9. The summed E-state index contributed by atoms with van der Waals surface area (Å²) >= 11 is 0. The molecule has 0 amide bonds. The zero-order valence-corrected chi connectivity index (χ0v) is 12.9. The first kappa shape index (κ1) is 15.6. The molecule has 2 rings (SSSR count). The summed E-state index contributed by atoms with van der Waals surface area (Å²) in [6.45, 7) is 7.78. The maximum Gasteiger partial charge on any atom is 0.242 e. The van der Waals surface area contributed by atoms with Gasteiger partial charge in [0.1, 0.15) is 5.69 Å². The minimum absolute atomic E-state index is 0.173. The van der Waals surface area contributed by atoms with E-state index in [4.69, 9.17) is 0 Å². The smallest absolute Gasteiger partial charge is 0.212 e. The van der Waals surface area contributed by atoms with E-state index in [1.807, 2.05) is 52.0 Å². The minimum Gasteiger partial charge on any atom is -0.212 e. The monoisotopic (exact) mass is 296 g/mol. The van der Waals surface area contributed by atoms with Crippen LogP contribution in [0.1, 0.15) is 32.0 Å². The topological polar surface area (TPSA) is 76.7 Å². The Hall–Kier alpha value is -2.81. The van der Waals surface area contributed by atoms with Gasteiger partial charge in [-0.3, -0.25) is 0 Å². The van der Waals surface area contributed by atoms with Gasteiger partial charge >= 0.3 is 0 Å². The van der Waals surface area contributed by atoms with E-state index in [1.54, 1.807) is 0 Å². The van der Waals surface area contributed by atoms with Gasteiger partial charge in [-0.1, -0.05) is 38.5 Å². The summed E-state index contributed by atoms with van der Waals surface area (Å²) in [7, 11) is 0. The molecule has 0 aliphatic rings. The van der Waals surface area contributed by atoms with Crippen molar-refractivity contribution in [2.45, 2.75) is 33.1 Å². The van der Waals surface area contributed by atoms with Gasteiger partial charge in [0, 0.05) is 5.41 Å². The van der Waals surface area contributed by atoms with E-state index in [2.05, 4.69) is 15.1 Å². The highest BCUT2D eigenvalue weighted by Crippen LogP contribution is 2.39. The van der Waals surface area contributed by atoms with Gasteiger partial charge in [0.05, 0.1) is 11.4 Å². The zero-order valence-electron chi connectivity index (χ0n) is 12.9. The number of isocyanates is 2. The highest BCUT2D eigenvalue weighted by molar-refractivity contribution is 5.70. The van der Waals surface area contributed by atoms with E-state index in [-0.39, 0.29) is 16.9 Å². The standard InChI is InChI=1S/C16H16N4O2/c1-11-5-7-12(8-6-11)20-15(18-10-22)13(17-9-21)14(19-20)16(2,3)4/h5-8H,1-4H3. The average Bonchev–Trinajstić information content (AvgIpc) is 2.80. The molecule has 22 heavy (non-hydrogen) atoms. The molecule has 0 bridgehead atoms. The molecule has 0 N–H and O–H groups in total. The molecule has 0 unspecified atom stereocenters. The lowest BCUT2D eigenvalue weighted by atomic mass is 9.91. The second kappa shape index (κ2) is 5.90. The second-order valence-corrected chi connectivity index (χ2v) is 5.92. The van der Waals surface area contributed by atoms with Gasteiger partial charge in [0.15, 0.2) is 5.82 Å². The Morgan fingerprint density at radius 3 is 2.14 bits per heavy atom. The Kier molecular flexibility index (Phi) is 4.18. The van der Waals surface area contributed by atoms with Gasteiger partial charge in [-0.15, -0.1) is 4.99 Å². The third kappa shape index (κ3) is 2.93. The van der Waals surface area contributed by atoms with Crippen molar-refractivity contribution in [1.82, 2.24) is 9.78 Å². The third-order valence-electron chi connectivity index (χ3n) is 3.13. The van der Waals surface area contributed by atoms with Crippen LogP contribution in [0.2, 0.25) is 0 Å². The van der Waals surface area contributed by atoms with E-state index in [1.165, 1.54) is 16.8 Å². The van der Waals surface area contributed by atoms with Crippen molar-refractivity contribution in [2.24, 2.45) is 9.98 Å².